The van der Waals surface area contributed by atoms with Crippen molar-refractivity contribution in [3.8, 4) is 0 Å². The third-order valence-electron chi connectivity index (χ3n) is 5.49. The number of nitrogens with zero attached hydrogens (tertiary/aromatic N) is 2. The molecule has 170 valence electrons. The second kappa shape index (κ2) is 10.1. The van der Waals surface area contributed by atoms with Crippen LogP contribution in [0.5, 0.6) is 0 Å². The Labute approximate surface area is 178 Å². The lowest BCUT2D eigenvalue weighted by Crippen LogP contribution is -2.51. The SMILES string of the molecule is CCOC(=O)N1CCN(C(=O)COC(=O)C2(CC(=O)NC(C)(C)C)CCCC2)CC1. The third kappa shape index (κ3) is 6.60. The molecule has 0 radical (unpaired) electrons. The van der Waals surface area contributed by atoms with Gasteiger partial charge in [-0.2, -0.15) is 0 Å². The van der Waals surface area contributed by atoms with Gasteiger partial charge in [0.2, 0.25) is 5.91 Å². The van der Waals surface area contributed by atoms with Crippen molar-refractivity contribution in [2.24, 2.45) is 5.41 Å². The first-order valence-electron chi connectivity index (χ1n) is 10.7. The van der Waals surface area contributed by atoms with Crippen LogP contribution in [-0.2, 0) is 23.9 Å². The zero-order valence-corrected chi connectivity index (χ0v) is 18.6. The van der Waals surface area contributed by atoms with E-state index in [4.69, 9.17) is 9.47 Å². The first-order valence-corrected chi connectivity index (χ1v) is 10.7. The van der Waals surface area contributed by atoms with Gasteiger partial charge >= 0.3 is 12.1 Å². The molecule has 2 fully saturated rings. The van der Waals surface area contributed by atoms with Crippen LogP contribution < -0.4 is 5.32 Å². The van der Waals surface area contributed by atoms with Crippen molar-refractivity contribution >= 4 is 23.9 Å². The van der Waals surface area contributed by atoms with Gasteiger partial charge in [0.25, 0.3) is 5.91 Å². The number of carbonyl (C=O) groups is 4. The molecule has 0 spiro atoms. The molecular formula is C21H35N3O6. The Hall–Kier alpha value is -2.32. The minimum absolute atomic E-state index is 0.0789. The molecule has 0 aromatic rings. The van der Waals surface area contributed by atoms with Crippen LogP contribution in [0.4, 0.5) is 4.79 Å². The third-order valence-corrected chi connectivity index (χ3v) is 5.49. The Morgan fingerprint density at radius 1 is 0.933 bits per heavy atom. The second-order valence-corrected chi connectivity index (χ2v) is 9.11. The standard InChI is InChI=1S/C21H35N3O6/c1-5-29-19(28)24-12-10-23(11-13-24)17(26)15-30-18(27)21(8-6-7-9-21)14-16(25)22-20(2,3)4/h5-15H2,1-4H3,(H,22,25). The fourth-order valence-corrected chi connectivity index (χ4v) is 4.00. The lowest BCUT2D eigenvalue weighted by molar-refractivity contribution is -0.163. The van der Waals surface area contributed by atoms with Crippen LogP contribution in [0.2, 0.25) is 0 Å². The summed E-state index contributed by atoms with van der Waals surface area (Å²) in [5.41, 5.74) is -1.22. The number of amides is 3. The number of esters is 1. The highest BCUT2D eigenvalue weighted by atomic mass is 16.6. The van der Waals surface area contributed by atoms with Crippen molar-refractivity contribution in [1.82, 2.24) is 15.1 Å². The van der Waals surface area contributed by atoms with Gasteiger partial charge in [0.1, 0.15) is 0 Å². The molecule has 0 atom stereocenters. The number of carbonyl (C=O) groups excluding carboxylic acids is 4. The van der Waals surface area contributed by atoms with E-state index in [1.54, 1.807) is 16.7 Å². The Balaban J connectivity index is 1.85. The molecule has 1 saturated heterocycles. The zero-order chi connectivity index (χ0) is 22.4. The van der Waals surface area contributed by atoms with Crippen molar-refractivity contribution in [2.45, 2.75) is 65.3 Å². The molecule has 0 unspecified atom stereocenters. The number of piperazine rings is 1. The van der Waals surface area contributed by atoms with Crippen LogP contribution >= 0.6 is 0 Å². The molecule has 9 heteroatoms. The Morgan fingerprint density at radius 2 is 1.50 bits per heavy atom. The molecule has 9 nitrogen and oxygen atoms in total. The van der Waals surface area contributed by atoms with Gasteiger partial charge in [-0.05, 0) is 40.5 Å². The average Bonchev–Trinajstić information content (AvgIpc) is 3.14. The topological polar surface area (TPSA) is 105 Å². The molecule has 1 aliphatic heterocycles. The van der Waals surface area contributed by atoms with Crippen LogP contribution in [0, 0.1) is 5.41 Å². The summed E-state index contributed by atoms with van der Waals surface area (Å²) in [5, 5.41) is 2.90. The molecule has 2 aliphatic rings. The van der Waals surface area contributed by atoms with Crippen molar-refractivity contribution < 1.29 is 28.7 Å². The molecular weight excluding hydrogens is 390 g/mol. The summed E-state index contributed by atoms with van der Waals surface area (Å²) in [6.45, 7) is 8.90. The van der Waals surface area contributed by atoms with E-state index in [9.17, 15) is 19.2 Å². The van der Waals surface area contributed by atoms with Gasteiger partial charge in [-0.15, -0.1) is 0 Å². The summed E-state index contributed by atoms with van der Waals surface area (Å²) in [5.74, 6) is -0.940. The van der Waals surface area contributed by atoms with E-state index in [1.165, 1.54) is 0 Å². The highest BCUT2D eigenvalue weighted by molar-refractivity contribution is 5.88. The average molecular weight is 426 g/mol. The van der Waals surface area contributed by atoms with Crippen LogP contribution in [0.3, 0.4) is 0 Å². The summed E-state index contributed by atoms with van der Waals surface area (Å²) in [4.78, 5) is 52.6. The molecule has 1 heterocycles. The molecule has 0 aromatic carbocycles. The van der Waals surface area contributed by atoms with Gasteiger partial charge in [0.15, 0.2) is 6.61 Å². The van der Waals surface area contributed by atoms with Crippen molar-refractivity contribution in [2.75, 3.05) is 39.4 Å². The zero-order valence-electron chi connectivity index (χ0n) is 18.6. The number of rotatable bonds is 6. The summed E-state index contributed by atoms with van der Waals surface area (Å²) in [7, 11) is 0. The number of nitrogens with one attached hydrogen (secondary N) is 1. The maximum absolute atomic E-state index is 12.8. The minimum atomic E-state index is -0.849. The van der Waals surface area contributed by atoms with E-state index >= 15 is 0 Å². The number of hydrogen-bond acceptors (Lipinski definition) is 6. The van der Waals surface area contributed by atoms with Crippen molar-refractivity contribution in [1.29, 1.82) is 0 Å². The van der Waals surface area contributed by atoms with E-state index in [1.807, 2.05) is 20.8 Å². The smallest absolute Gasteiger partial charge is 0.409 e. The predicted octanol–water partition coefficient (Wildman–Crippen LogP) is 1.70. The van der Waals surface area contributed by atoms with E-state index < -0.39 is 11.4 Å². The lowest BCUT2D eigenvalue weighted by Gasteiger charge is -2.34. The molecule has 0 bridgehead atoms. The minimum Gasteiger partial charge on any atom is -0.455 e. The van der Waals surface area contributed by atoms with Crippen LogP contribution in [0.25, 0.3) is 0 Å². The van der Waals surface area contributed by atoms with E-state index in [-0.39, 0.29) is 36.5 Å². The van der Waals surface area contributed by atoms with Crippen molar-refractivity contribution in [3.63, 3.8) is 0 Å². The van der Waals surface area contributed by atoms with E-state index in [2.05, 4.69) is 5.32 Å². The molecule has 1 N–H and O–H groups in total. The summed E-state index contributed by atoms with van der Waals surface area (Å²) >= 11 is 0. The quantitative estimate of drug-likeness (QED) is 0.650. The van der Waals surface area contributed by atoms with Crippen LogP contribution in [0.15, 0.2) is 0 Å². The molecule has 30 heavy (non-hydrogen) atoms. The second-order valence-electron chi connectivity index (χ2n) is 9.11. The van der Waals surface area contributed by atoms with Gasteiger partial charge in [-0.1, -0.05) is 12.8 Å². The first-order chi connectivity index (χ1) is 14.1. The van der Waals surface area contributed by atoms with Gasteiger partial charge < -0.3 is 24.6 Å². The predicted molar refractivity (Wildman–Crippen MR) is 110 cm³/mol. The Bertz CT molecular complexity index is 644. The van der Waals surface area contributed by atoms with Gasteiger partial charge in [-0.3, -0.25) is 14.4 Å². The van der Waals surface area contributed by atoms with Gasteiger partial charge in [0, 0.05) is 38.1 Å². The normalized spacial score (nSPS) is 18.7. The Kier molecular flexibility index (Phi) is 8.09. The largest absolute Gasteiger partial charge is 0.455 e. The molecule has 2 rings (SSSR count). The fraction of sp³-hybridized carbons (Fsp3) is 0.810. The summed E-state index contributed by atoms with van der Waals surface area (Å²) < 4.78 is 10.3. The van der Waals surface area contributed by atoms with Crippen LogP contribution in [-0.4, -0.2) is 78.6 Å². The summed E-state index contributed by atoms with van der Waals surface area (Å²) in [6.07, 6.45) is 2.61. The van der Waals surface area contributed by atoms with Crippen molar-refractivity contribution in [3.05, 3.63) is 0 Å². The van der Waals surface area contributed by atoms with E-state index in [0.29, 0.717) is 45.6 Å². The van der Waals surface area contributed by atoms with Gasteiger partial charge in [0.05, 0.1) is 12.0 Å². The molecule has 1 saturated carbocycles. The number of ether oxygens (including phenoxy) is 2. The maximum Gasteiger partial charge on any atom is 0.409 e. The fourth-order valence-electron chi connectivity index (χ4n) is 4.00. The number of hydrogen-bond donors (Lipinski definition) is 1. The highest BCUT2D eigenvalue weighted by Gasteiger charge is 2.45. The van der Waals surface area contributed by atoms with E-state index in [0.717, 1.165) is 12.8 Å². The summed E-state index contributed by atoms with van der Waals surface area (Å²) in [6, 6.07) is 0. The molecule has 3 amide bonds. The highest BCUT2D eigenvalue weighted by Crippen LogP contribution is 2.42. The van der Waals surface area contributed by atoms with Gasteiger partial charge in [-0.25, -0.2) is 4.79 Å². The first kappa shape index (κ1) is 24.0. The lowest BCUT2D eigenvalue weighted by atomic mass is 9.82. The Morgan fingerprint density at radius 3 is 2.03 bits per heavy atom. The monoisotopic (exact) mass is 425 g/mol. The molecule has 0 aromatic heterocycles. The maximum atomic E-state index is 12.8. The molecule has 1 aliphatic carbocycles. The van der Waals surface area contributed by atoms with Crippen LogP contribution in [0.1, 0.15) is 59.8 Å².